The van der Waals surface area contributed by atoms with Gasteiger partial charge in [0.25, 0.3) is 5.91 Å². The molecule has 1 unspecified atom stereocenters. The van der Waals surface area contributed by atoms with Gasteiger partial charge in [0.15, 0.2) is 0 Å². The normalized spacial score (nSPS) is 17.6. The van der Waals surface area contributed by atoms with Gasteiger partial charge < -0.3 is 10.1 Å². The van der Waals surface area contributed by atoms with Gasteiger partial charge in [-0.25, -0.2) is 5.01 Å². The van der Waals surface area contributed by atoms with Crippen molar-refractivity contribution in [3.8, 4) is 0 Å². The second-order valence-corrected chi connectivity index (χ2v) is 5.01. The van der Waals surface area contributed by atoms with Gasteiger partial charge in [0, 0.05) is 32.3 Å². The molecule has 0 bridgehead atoms. The van der Waals surface area contributed by atoms with Crippen LogP contribution in [0.25, 0.3) is 6.08 Å². The van der Waals surface area contributed by atoms with Gasteiger partial charge in [-0.05, 0) is 18.6 Å². The molecular formula is C16H21N3O2. The number of benzene rings is 1. The second-order valence-electron chi connectivity index (χ2n) is 5.01. The zero-order chi connectivity index (χ0) is 15.1. The van der Waals surface area contributed by atoms with Crippen LogP contribution >= 0.6 is 0 Å². The molecule has 1 heterocycles. The predicted octanol–water partition coefficient (Wildman–Crippen LogP) is 0.936. The van der Waals surface area contributed by atoms with Gasteiger partial charge >= 0.3 is 0 Å². The van der Waals surface area contributed by atoms with Crippen LogP contribution in [0.1, 0.15) is 12.5 Å². The number of amides is 1. The average molecular weight is 287 g/mol. The summed E-state index contributed by atoms with van der Waals surface area (Å²) in [6.07, 6.45) is 4.10. The number of piperazine rings is 1. The molecule has 112 valence electrons. The molecule has 1 aliphatic heterocycles. The minimum atomic E-state index is -0.462. The van der Waals surface area contributed by atoms with Gasteiger partial charge in [-0.3, -0.25) is 9.80 Å². The molecule has 1 aromatic carbocycles. The minimum absolute atomic E-state index is 0.166. The van der Waals surface area contributed by atoms with Crippen LogP contribution < -0.4 is 5.32 Å². The Kier molecular flexibility index (Phi) is 5.66. The van der Waals surface area contributed by atoms with Gasteiger partial charge in [-0.1, -0.05) is 30.3 Å². The Balaban J connectivity index is 2.10. The summed E-state index contributed by atoms with van der Waals surface area (Å²) >= 11 is 0. The summed E-state index contributed by atoms with van der Waals surface area (Å²) in [5, 5.41) is 6.72. The van der Waals surface area contributed by atoms with E-state index < -0.39 is 6.04 Å². The molecule has 1 atom stereocenters. The third-order valence-corrected chi connectivity index (χ3v) is 3.42. The standard InChI is InChI=1S/C16H21N3O2/c1-14(13-20)19(18-11-9-17-10-12-18)16(21)8-7-15-5-3-2-4-6-15/h2-8,13-14,17H,9-12H2,1H3. The fourth-order valence-electron chi connectivity index (χ4n) is 2.33. The first-order valence-electron chi connectivity index (χ1n) is 7.19. The van der Waals surface area contributed by atoms with Crippen LogP contribution in [-0.4, -0.2) is 54.4 Å². The Morgan fingerprint density at radius 1 is 1.29 bits per heavy atom. The molecular weight excluding hydrogens is 266 g/mol. The monoisotopic (exact) mass is 287 g/mol. The van der Waals surface area contributed by atoms with Crippen molar-refractivity contribution in [1.29, 1.82) is 0 Å². The van der Waals surface area contributed by atoms with Crippen LogP contribution in [0, 0.1) is 0 Å². The lowest BCUT2D eigenvalue weighted by Gasteiger charge is -2.38. The minimum Gasteiger partial charge on any atom is -0.314 e. The van der Waals surface area contributed by atoms with Crippen LogP contribution in [0.4, 0.5) is 0 Å². The molecule has 0 radical (unpaired) electrons. The molecule has 1 fully saturated rings. The van der Waals surface area contributed by atoms with E-state index in [4.69, 9.17) is 0 Å². The van der Waals surface area contributed by atoms with Gasteiger partial charge in [0.2, 0.25) is 0 Å². The summed E-state index contributed by atoms with van der Waals surface area (Å²) in [5.74, 6) is -0.166. The van der Waals surface area contributed by atoms with Crippen molar-refractivity contribution >= 4 is 18.3 Å². The van der Waals surface area contributed by atoms with Crippen molar-refractivity contribution in [2.75, 3.05) is 26.2 Å². The molecule has 0 saturated carbocycles. The number of carbonyl (C=O) groups is 2. The lowest BCUT2D eigenvalue weighted by atomic mass is 10.2. The Bertz CT molecular complexity index is 496. The van der Waals surface area contributed by atoms with E-state index in [9.17, 15) is 9.59 Å². The molecule has 1 saturated heterocycles. The first-order valence-corrected chi connectivity index (χ1v) is 7.19. The van der Waals surface area contributed by atoms with E-state index in [-0.39, 0.29) is 5.91 Å². The van der Waals surface area contributed by atoms with E-state index in [1.54, 1.807) is 18.0 Å². The van der Waals surface area contributed by atoms with Crippen molar-refractivity contribution in [3.05, 3.63) is 42.0 Å². The highest BCUT2D eigenvalue weighted by molar-refractivity contribution is 5.92. The fraction of sp³-hybridized carbons (Fsp3) is 0.375. The number of hydrogen-bond acceptors (Lipinski definition) is 4. The van der Waals surface area contributed by atoms with Crippen LogP contribution in [0.15, 0.2) is 36.4 Å². The maximum atomic E-state index is 12.4. The summed E-state index contributed by atoms with van der Waals surface area (Å²) < 4.78 is 0. The third kappa shape index (κ3) is 4.24. The molecule has 0 spiro atoms. The van der Waals surface area contributed by atoms with Crippen LogP contribution in [0.2, 0.25) is 0 Å². The summed E-state index contributed by atoms with van der Waals surface area (Å²) in [4.78, 5) is 23.5. The summed E-state index contributed by atoms with van der Waals surface area (Å²) in [6, 6.07) is 9.18. The zero-order valence-electron chi connectivity index (χ0n) is 12.2. The number of hydrazine groups is 1. The Hall–Kier alpha value is -1.98. The molecule has 1 aliphatic rings. The van der Waals surface area contributed by atoms with E-state index >= 15 is 0 Å². The first-order chi connectivity index (χ1) is 10.2. The Labute approximate surface area is 125 Å². The zero-order valence-corrected chi connectivity index (χ0v) is 12.2. The first kappa shape index (κ1) is 15.4. The lowest BCUT2D eigenvalue weighted by molar-refractivity contribution is -0.152. The number of aldehydes is 1. The maximum Gasteiger partial charge on any atom is 0.261 e. The number of carbonyl (C=O) groups excluding carboxylic acids is 2. The number of nitrogens with zero attached hydrogens (tertiary/aromatic N) is 2. The van der Waals surface area contributed by atoms with Crippen LogP contribution in [0.5, 0.6) is 0 Å². The van der Waals surface area contributed by atoms with E-state index in [0.717, 1.165) is 38.0 Å². The quantitative estimate of drug-likeness (QED) is 0.647. The highest BCUT2D eigenvalue weighted by atomic mass is 16.2. The van der Waals surface area contributed by atoms with E-state index in [1.165, 1.54) is 6.08 Å². The molecule has 1 aromatic rings. The third-order valence-electron chi connectivity index (χ3n) is 3.42. The summed E-state index contributed by atoms with van der Waals surface area (Å²) in [7, 11) is 0. The topological polar surface area (TPSA) is 52.7 Å². The van der Waals surface area contributed by atoms with Crippen molar-refractivity contribution in [3.63, 3.8) is 0 Å². The van der Waals surface area contributed by atoms with Crippen molar-refractivity contribution in [2.24, 2.45) is 0 Å². The highest BCUT2D eigenvalue weighted by Crippen LogP contribution is 2.08. The van der Waals surface area contributed by atoms with Crippen LogP contribution in [0.3, 0.4) is 0 Å². The number of hydrogen-bond donors (Lipinski definition) is 1. The Morgan fingerprint density at radius 2 is 1.95 bits per heavy atom. The highest BCUT2D eigenvalue weighted by Gasteiger charge is 2.25. The molecule has 5 nitrogen and oxygen atoms in total. The van der Waals surface area contributed by atoms with Gasteiger partial charge in [-0.2, -0.15) is 0 Å². The number of rotatable bonds is 5. The van der Waals surface area contributed by atoms with Crippen molar-refractivity contribution in [1.82, 2.24) is 15.3 Å². The van der Waals surface area contributed by atoms with Gasteiger partial charge in [0.05, 0.1) is 0 Å². The largest absolute Gasteiger partial charge is 0.314 e. The number of nitrogens with one attached hydrogen (secondary N) is 1. The van der Waals surface area contributed by atoms with E-state index in [1.807, 2.05) is 35.3 Å². The van der Waals surface area contributed by atoms with Gasteiger partial charge in [0.1, 0.15) is 12.3 Å². The second kappa shape index (κ2) is 7.71. The summed E-state index contributed by atoms with van der Waals surface area (Å²) in [5.41, 5.74) is 0.963. The fourth-order valence-corrected chi connectivity index (χ4v) is 2.33. The SMILES string of the molecule is CC(C=O)N(C(=O)C=Cc1ccccc1)N1CCNCC1. The molecule has 5 heteroatoms. The Morgan fingerprint density at radius 3 is 2.57 bits per heavy atom. The molecule has 1 N–H and O–H groups in total. The van der Waals surface area contributed by atoms with E-state index in [2.05, 4.69) is 5.32 Å². The predicted molar refractivity (Wildman–Crippen MR) is 82.3 cm³/mol. The molecule has 1 amide bonds. The lowest BCUT2D eigenvalue weighted by Crippen LogP contribution is -2.57. The van der Waals surface area contributed by atoms with E-state index in [0.29, 0.717) is 0 Å². The van der Waals surface area contributed by atoms with Crippen molar-refractivity contribution < 1.29 is 9.59 Å². The van der Waals surface area contributed by atoms with Crippen molar-refractivity contribution in [2.45, 2.75) is 13.0 Å². The molecule has 0 aliphatic carbocycles. The summed E-state index contributed by atoms with van der Waals surface area (Å²) in [6.45, 7) is 4.82. The maximum absolute atomic E-state index is 12.4. The molecule has 0 aromatic heterocycles. The molecule has 21 heavy (non-hydrogen) atoms. The van der Waals surface area contributed by atoms with Gasteiger partial charge in [-0.15, -0.1) is 0 Å². The van der Waals surface area contributed by atoms with Crippen LogP contribution in [-0.2, 0) is 9.59 Å². The smallest absolute Gasteiger partial charge is 0.261 e. The average Bonchev–Trinajstić information content (AvgIpc) is 2.55. The molecule has 2 rings (SSSR count).